The van der Waals surface area contributed by atoms with Gasteiger partial charge in [0.15, 0.2) is 0 Å². The number of nitrogens with zero attached hydrogens (tertiary/aromatic N) is 2. The molecule has 15 heavy (non-hydrogen) atoms. The summed E-state index contributed by atoms with van der Waals surface area (Å²) in [5, 5.41) is 8.47. The Morgan fingerprint density at radius 3 is 2.80 bits per heavy atom. The maximum Gasteiger partial charge on any atom is 0.265 e. The highest BCUT2D eigenvalue weighted by molar-refractivity contribution is 6.32. The molecular weight excluding hydrogens is 226 g/mol. The van der Waals surface area contributed by atoms with Crippen LogP contribution in [0, 0.1) is 11.3 Å². The van der Waals surface area contributed by atoms with Gasteiger partial charge in [0.05, 0.1) is 19.6 Å². The van der Waals surface area contributed by atoms with Crippen molar-refractivity contribution >= 4 is 11.6 Å². The van der Waals surface area contributed by atoms with Crippen LogP contribution in [0.5, 0.6) is 5.88 Å². The highest BCUT2D eigenvalue weighted by Crippen LogP contribution is 2.33. The Balaban J connectivity index is 3.32. The van der Waals surface area contributed by atoms with Crippen molar-refractivity contribution in [2.75, 3.05) is 7.11 Å². The monoisotopic (exact) mass is 232 g/mol. The molecule has 80 valence electrons. The molecule has 0 radical (unpaired) electrons. The van der Waals surface area contributed by atoms with Crippen molar-refractivity contribution in [1.82, 2.24) is 4.98 Å². The highest BCUT2D eigenvalue weighted by Gasteiger charge is 2.19. The molecule has 0 N–H and O–H groups in total. The standard InChI is InChI=1S/C9H7ClF2N2O/c1-15-9-7(10)5(2-3-13)6(4-14-9)8(11)12/h4,8H,2H2,1H3. The number of ether oxygens (including phenoxy) is 1. The Kier molecular flexibility index (Phi) is 3.81. The molecule has 0 amide bonds. The Morgan fingerprint density at radius 1 is 1.67 bits per heavy atom. The van der Waals surface area contributed by atoms with Crippen LogP contribution in [0.15, 0.2) is 6.20 Å². The smallest absolute Gasteiger partial charge is 0.265 e. The number of nitriles is 1. The third-order valence-electron chi connectivity index (χ3n) is 1.81. The van der Waals surface area contributed by atoms with Crippen molar-refractivity contribution in [1.29, 1.82) is 5.26 Å². The molecule has 0 atom stereocenters. The Labute approximate surface area is 90.3 Å². The third-order valence-corrected chi connectivity index (χ3v) is 2.20. The van der Waals surface area contributed by atoms with Gasteiger partial charge in [-0.05, 0) is 0 Å². The van der Waals surface area contributed by atoms with E-state index in [1.54, 1.807) is 6.07 Å². The zero-order valence-electron chi connectivity index (χ0n) is 7.80. The van der Waals surface area contributed by atoms with E-state index in [1.165, 1.54) is 7.11 Å². The van der Waals surface area contributed by atoms with Crippen molar-refractivity contribution in [3.05, 3.63) is 22.3 Å². The number of halogens is 3. The number of pyridine rings is 1. The fourth-order valence-corrected chi connectivity index (χ4v) is 1.41. The van der Waals surface area contributed by atoms with Crippen molar-refractivity contribution in [2.45, 2.75) is 12.8 Å². The van der Waals surface area contributed by atoms with E-state index in [4.69, 9.17) is 21.6 Å². The van der Waals surface area contributed by atoms with Gasteiger partial charge in [-0.25, -0.2) is 13.8 Å². The minimum atomic E-state index is -2.70. The third kappa shape index (κ3) is 2.34. The predicted octanol–water partition coefficient (Wildman–Crippen LogP) is 2.75. The van der Waals surface area contributed by atoms with Gasteiger partial charge in [-0.1, -0.05) is 11.6 Å². The molecule has 1 heterocycles. The van der Waals surface area contributed by atoms with E-state index in [-0.39, 0.29) is 28.5 Å². The van der Waals surface area contributed by atoms with Crippen LogP contribution in [0.1, 0.15) is 17.6 Å². The van der Waals surface area contributed by atoms with Gasteiger partial charge < -0.3 is 4.74 Å². The van der Waals surface area contributed by atoms with E-state index in [9.17, 15) is 8.78 Å². The SMILES string of the molecule is COc1ncc(C(F)F)c(CC#N)c1Cl. The summed E-state index contributed by atoms with van der Waals surface area (Å²) >= 11 is 5.76. The molecular formula is C9H7ClF2N2O. The molecule has 6 heteroatoms. The Morgan fingerprint density at radius 2 is 2.33 bits per heavy atom. The highest BCUT2D eigenvalue weighted by atomic mass is 35.5. The first-order valence-electron chi connectivity index (χ1n) is 3.98. The molecule has 1 rings (SSSR count). The molecule has 0 aliphatic carbocycles. The lowest BCUT2D eigenvalue weighted by atomic mass is 10.1. The van der Waals surface area contributed by atoms with Crippen molar-refractivity contribution in [2.24, 2.45) is 0 Å². The second kappa shape index (κ2) is 4.89. The fourth-order valence-electron chi connectivity index (χ4n) is 1.11. The zero-order valence-corrected chi connectivity index (χ0v) is 8.55. The lowest BCUT2D eigenvalue weighted by Crippen LogP contribution is -2.00. The molecule has 0 spiro atoms. The zero-order chi connectivity index (χ0) is 11.4. The molecule has 0 unspecified atom stereocenters. The molecule has 0 aromatic carbocycles. The van der Waals surface area contributed by atoms with Gasteiger partial charge in [0.2, 0.25) is 5.88 Å². The first kappa shape index (κ1) is 11.7. The van der Waals surface area contributed by atoms with Gasteiger partial charge in [0.1, 0.15) is 5.02 Å². The molecule has 1 aromatic rings. The number of hydrogen-bond acceptors (Lipinski definition) is 3. The number of methoxy groups -OCH3 is 1. The second-order valence-electron chi connectivity index (χ2n) is 2.65. The number of hydrogen-bond donors (Lipinski definition) is 0. The molecule has 0 aliphatic heterocycles. The summed E-state index contributed by atoms with van der Waals surface area (Å²) in [7, 11) is 1.33. The van der Waals surface area contributed by atoms with Gasteiger partial charge in [0, 0.05) is 17.3 Å². The second-order valence-corrected chi connectivity index (χ2v) is 3.03. The van der Waals surface area contributed by atoms with Crippen molar-refractivity contribution < 1.29 is 13.5 Å². The predicted molar refractivity (Wildman–Crippen MR) is 50.1 cm³/mol. The molecule has 0 fully saturated rings. The van der Waals surface area contributed by atoms with Crippen LogP contribution < -0.4 is 4.74 Å². The largest absolute Gasteiger partial charge is 0.480 e. The average Bonchev–Trinajstić information content (AvgIpc) is 2.20. The fraction of sp³-hybridized carbons (Fsp3) is 0.333. The van der Waals surface area contributed by atoms with E-state index in [0.29, 0.717) is 0 Å². The maximum absolute atomic E-state index is 12.5. The topological polar surface area (TPSA) is 45.9 Å². The Bertz CT molecular complexity index is 404. The first-order chi connectivity index (χ1) is 7.11. The van der Waals surface area contributed by atoms with Crippen LogP contribution in [0.25, 0.3) is 0 Å². The Hall–Kier alpha value is -1.41. The number of rotatable bonds is 3. The van der Waals surface area contributed by atoms with Gasteiger partial charge >= 0.3 is 0 Å². The molecule has 0 aliphatic rings. The van der Waals surface area contributed by atoms with Crippen LogP contribution in [0.2, 0.25) is 5.02 Å². The first-order valence-corrected chi connectivity index (χ1v) is 4.36. The molecule has 0 saturated carbocycles. The quantitative estimate of drug-likeness (QED) is 0.805. The van der Waals surface area contributed by atoms with Gasteiger partial charge in [-0.15, -0.1) is 0 Å². The van der Waals surface area contributed by atoms with E-state index in [2.05, 4.69) is 4.98 Å². The minimum Gasteiger partial charge on any atom is -0.480 e. The lowest BCUT2D eigenvalue weighted by Gasteiger charge is -2.10. The van der Waals surface area contributed by atoms with E-state index in [1.807, 2.05) is 0 Å². The van der Waals surface area contributed by atoms with E-state index < -0.39 is 6.43 Å². The summed E-state index contributed by atoms with van der Waals surface area (Å²) < 4.78 is 29.8. The van der Waals surface area contributed by atoms with Crippen molar-refractivity contribution in [3.8, 4) is 11.9 Å². The van der Waals surface area contributed by atoms with Gasteiger partial charge in [0.25, 0.3) is 6.43 Å². The number of alkyl halides is 2. The van der Waals surface area contributed by atoms with Crippen LogP contribution in [0.3, 0.4) is 0 Å². The molecule has 0 bridgehead atoms. The molecule has 1 aromatic heterocycles. The number of aromatic nitrogens is 1. The molecule has 3 nitrogen and oxygen atoms in total. The van der Waals surface area contributed by atoms with Crippen LogP contribution in [-0.2, 0) is 6.42 Å². The summed E-state index contributed by atoms with van der Waals surface area (Å²) in [5.74, 6) is 0.0475. The normalized spacial score (nSPS) is 10.1. The van der Waals surface area contributed by atoms with Gasteiger partial charge in [-0.2, -0.15) is 5.26 Å². The lowest BCUT2D eigenvalue weighted by molar-refractivity contribution is 0.150. The van der Waals surface area contributed by atoms with Crippen LogP contribution >= 0.6 is 11.6 Å². The summed E-state index contributed by atoms with van der Waals surface area (Å²) in [5.41, 5.74) is -0.261. The van der Waals surface area contributed by atoms with E-state index >= 15 is 0 Å². The summed E-state index contributed by atoms with van der Waals surface area (Å²) in [6.45, 7) is 0. The minimum absolute atomic E-state index is 0.0307. The van der Waals surface area contributed by atoms with E-state index in [0.717, 1.165) is 6.20 Å². The van der Waals surface area contributed by atoms with Crippen LogP contribution in [-0.4, -0.2) is 12.1 Å². The maximum atomic E-state index is 12.5. The van der Waals surface area contributed by atoms with Gasteiger partial charge in [-0.3, -0.25) is 0 Å². The summed E-state index contributed by atoms with van der Waals surface area (Å²) in [6, 6.07) is 1.77. The summed E-state index contributed by atoms with van der Waals surface area (Å²) in [4.78, 5) is 3.62. The average molecular weight is 233 g/mol. The van der Waals surface area contributed by atoms with Crippen molar-refractivity contribution in [3.63, 3.8) is 0 Å². The molecule has 0 saturated heterocycles. The summed E-state index contributed by atoms with van der Waals surface area (Å²) in [6.07, 6.45) is -1.93. The van der Waals surface area contributed by atoms with Crippen LogP contribution in [0.4, 0.5) is 8.78 Å².